The van der Waals surface area contributed by atoms with Crippen LogP contribution in [0.1, 0.15) is 19.6 Å². The van der Waals surface area contributed by atoms with E-state index in [0.29, 0.717) is 0 Å². The van der Waals surface area contributed by atoms with Gasteiger partial charge in [0.25, 0.3) is 5.56 Å². The number of benzene rings is 1. The number of nitrogens with zero attached hydrogens (tertiary/aromatic N) is 1. The molecule has 2 unspecified atom stereocenters. The largest absolute Gasteiger partial charge is 0.459 e. The van der Waals surface area contributed by atoms with Gasteiger partial charge in [0, 0.05) is 18.7 Å². The Morgan fingerprint density at radius 2 is 2.12 bits per heavy atom. The Hall–Kier alpha value is -3.20. The lowest BCUT2D eigenvalue weighted by atomic mass is 10.2. The maximum Gasteiger partial charge on any atom is 0.459 e. The van der Waals surface area contributed by atoms with Gasteiger partial charge in [-0.15, -0.1) is 6.42 Å². The summed E-state index contributed by atoms with van der Waals surface area (Å²) in [6.07, 6.45) is 3.40. The van der Waals surface area contributed by atoms with Crippen molar-refractivity contribution < 1.29 is 33.0 Å². The molecule has 34 heavy (non-hydrogen) atoms. The van der Waals surface area contributed by atoms with Crippen LogP contribution in [0.15, 0.2) is 52.2 Å². The first-order chi connectivity index (χ1) is 16.2. The van der Waals surface area contributed by atoms with E-state index >= 15 is 0 Å². The number of aromatic nitrogens is 2. The van der Waals surface area contributed by atoms with Gasteiger partial charge in [0.15, 0.2) is 6.61 Å². The minimum Gasteiger partial charge on any atom is -0.451 e. The molecular formula is C21H24N3O9P. The predicted octanol–water partition coefficient (Wildman–Crippen LogP) is 0.543. The molecule has 1 aliphatic heterocycles. The Morgan fingerprint density at radius 1 is 1.38 bits per heavy atom. The molecule has 0 bridgehead atoms. The maximum absolute atomic E-state index is 13.4. The Bertz CT molecular complexity index is 1190. The molecular weight excluding hydrogens is 469 g/mol. The molecule has 0 amide bonds. The summed E-state index contributed by atoms with van der Waals surface area (Å²) >= 11 is 0. The van der Waals surface area contributed by atoms with E-state index in [1.54, 1.807) is 30.3 Å². The summed E-state index contributed by atoms with van der Waals surface area (Å²) in [7, 11) is -4.18. The van der Waals surface area contributed by atoms with Gasteiger partial charge in [-0.05, 0) is 19.1 Å². The topological polar surface area (TPSA) is 158 Å². The van der Waals surface area contributed by atoms with Gasteiger partial charge in [0.05, 0.1) is 12.7 Å². The smallest absolute Gasteiger partial charge is 0.451 e. The third kappa shape index (κ3) is 6.66. The van der Waals surface area contributed by atoms with Crippen LogP contribution >= 0.6 is 7.75 Å². The van der Waals surface area contributed by atoms with E-state index in [-0.39, 0.29) is 18.8 Å². The molecule has 1 aliphatic rings. The number of aliphatic hydroxyl groups is 1. The first kappa shape index (κ1) is 25.4. The first-order valence-corrected chi connectivity index (χ1v) is 11.8. The highest BCUT2D eigenvalue weighted by Crippen LogP contribution is 2.45. The number of rotatable bonds is 10. The van der Waals surface area contributed by atoms with Crippen LogP contribution in [0.25, 0.3) is 0 Å². The van der Waals surface area contributed by atoms with E-state index in [1.165, 1.54) is 13.1 Å². The average molecular weight is 493 g/mol. The number of para-hydroxylation sites is 1. The van der Waals surface area contributed by atoms with Crippen molar-refractivity contribution in [2.75, 3.05) is 13.2 Å². The number of esters is 1. The van der Waals surface area contributed by atoms with Crippen LogP contribution in [0.3, 0.4) is 0 Å². The number of carbonyl (C=O) groups excluding carboxylic acids is 1. The fourth-order valence-corrected chi connectivity index (χ4v) is 4.60. The monoisotopic (exact) mass is 493 g/mol. The zero-order valence-electron chi connectivity index (χ0n) is 18.2. The van der Waals surface area contributed by atoms with Crippen LogP contribution in [0.2, 0.25) is 0 Å². The van der Waals surface area contributed by atoms with Crippen LogP contribution < -0.4 is 20.9 Å². The van der Waals surface area contributed by atoms with Gasteiger partial charge in [0.2, 0.25) is 0 Å². The lowest BCUT2D eigenvalue weighted by Gasteiger charge is -2.24. The molecule has 1 saturated heterocycles. The fourth-order valence-electron chi connectivity index (χ4n) is 3.10. The van der Waals surface area contributed by atoms with Gasteiger partial charge < -0.3 is 19.1 Å². The molecule has 13 heteroatoms. The number of hydrogen-bond donors (Lipinski definition) is 3. The lowest BCUT2D eigenvalue weighted by Crippen LogP contribution is -2.36. The second-order valence-electron chi connectivity index (χ2n) is 7.31. The van der Waals surface area contributed by atoms with Crippen LogP contribution in [-0.2, 0) is 23.4 Å². The third-order valence-electron chi connectivity index (χ3n) is 4.75. The van der Waals surface area contributed by atoms with E-state index in [4.69, 9.17) is 24.9 Å². The van der Waals surface area contributed by atoms with Crippen LogP contribution in [-0.4, -0.2) is 52.1 Å². The Morgan fingerprint density at radius 3 is 2.79 bits per heavy atom. The van der Waals surface area contributed by atoms with Crippen LogP contribution in [0.4, 0.5) is 0 Å². The Balaban J connectivity index is 1.71. The maximum atomic E-state index is 13.4. The highest BCUT2D eigenvalue weighted by Gasteiger charge is 2.39. The average Bonchev–Trinajstić information content (AvgIpc) is 3.16. The van der Waals surface area contributed by atoms with E-state index in [1.807, 2.05) is 0 Å². The standard InChI is InChI=1S/C21H24N3O9P/c1-3-11-30-20(27)14(2)23-34(29,33-15-7-5-4-6-8-15)31-13-17-16(25)12-19(32-17)24-10-9-18(26)22-21(24)28/h1,4-10,14,16-17,19,25H,11-13H2,2H3,(H,23,29)(H,22,26,28)/t14-,16-,17?,19?,34-/m0/s1. The van der Waals surface area contributed by atoms with Gasteiger partial charge in [-0.2, -0.15) is 5.09 Å². The molecule has 182 valence electrons. The molecule has 0 aliphatic carbocycles. The van der Waals surface area contributed by atoms with E-state index in [2.05, 4.69) is 16.0 Å². The molecule has 2 heterocycles. The Labute approximate surface area is 194 Å². The second kappa shape index (κ2) is 11.3. The summed E-state index contributed by atoms with van der Waals surface area (Å²) in [5.41, 5.74) is -1.27. The summed E-state index contributed by atoms with van der Waals surface area (Å²) in [6, 6.07) is 8.16. The number of nitrogens with one attached hydrogen (secondary N) is 2. The van der Waals surface area contributed by atoms with Crippen molar-refractivity contribution in [2.24, 2.45) is 0 Å². The number of H-pyrrole nitrogens is 1. The van der Waals surface area contributed by atoms with Crippen molar-refractivity contribution in [3.63, 3.8) is 0 Å². The Kier molecular flexibility index (Phi) is 8.44. The number of hydrogen-bond acceptors (Lipinski definition) is 9. The fraction of sp³-hybridized carbons (Fsp3) is 0.381. The zero-order chi connectivity index (χ0) is 24.7. The summed E-state index contributed by atoms with van der Waals surface area (Å²) in [4.78, 5) is 37.4. The minimum absolute atomic E-state index is 0.0199. The summed E-state index contributed by atoms with van der Waals surface area (Å²) < 4.78 is 36.1. The quantitative estimate of drug-likeness (QED) is 0.242. The zero-order valence-corrected chi connectivity index (χ0v) is 19.1. The van der Waals surface area contributed by atoms with Crippen molar-refractivity contribution in [3.05, 3.63) is 63.4 Å². The van der Waals surface area contributed by atoms with E-state index < -0.39 is 56.0 Å². The van der Waals surface area contributed by atoms with Crippen LogP contribution in [0, 0.1) is 12.3 Å². The van der Waals surface area contributed by atoms with Gasteiger partial charge in [-0.25, -0.2) is 9.36 Å². The molecule has 1 fully saturated rings. The lowest BCUT2D eigenvalue weighted by molar-refractivity contribution is -0.143. The number of carbonyl (C=O) groups is 1. The molecule has 2 aromatic rings. The van der Waals surface area contributed by atoms with E-state index in [0.717, 1.165) is 10.6 Å². The molecule has 1 aromatic carbocycles. The number of terminal acetylenes is 1. The summed E-state index contributed by atoms with van der Waals surface area (Å²) in [6.45, 7) is 0.727. The number of aliphatic hydroxyl groups excluding tert-OH is 1. The molecule has 0 saturated carbocycles. The van der Waals surface area contributed by atoms with Crippen molar-refractivity contribution in [2.45, 2.75) is 37.8 Å². The minimum atomic E-state index is -4.18. The molecule has 3 rings (SSSR count). The predicted molar refractivity (Wildman–Crippen MR) is 119 cm³/mol. The third-order valence-corrected chi connectivity index (χ3v) is 6.39. The van der Waals surface area contributed by atoms with Crippen molar-refractivity contribution in [1.82, 2.24) is 14.6 Å². The van der Waals surface area contributed by atoms with Crippen molar-refractivity contribution in [3.8, 4) is 18.1 Å². The van der Waals surface area contributed by atoms with Gasteiger partial charge in [-0.1, -0.05) is 24.1 Å². The summed E-state index contributed by atoms with van der Waals surface area (Å²) in [5.74, 6) is 1.59. The van der Waals surface area contributed by atoms with E-state index in [9.17, 15) is 24.1 Å². The molecule has 5 atom stereocenters. The normalized spacial score (nSPS) is 22.3. The molecule has 1 aromatic heterocycles. The first-order valence-electron chi connectivity index (χ1n) is 10.2. The SMILES string of the molecule is C#CCOC(=O)[C@H](C)N[P@](=O)(OCC1OC(n2ccc(=O)[nH]c2=O)C[C@@H]1O)Oc1ccccc1. The number of ether oxygens (including phenoxy) is 2. The van der Waals surface area contributed by atoms with Gasteiger partial charge in [0.1, 0.15) is 24.1 Å². The highest BCUT2D eigenvalue weighted by molar-refractivity contribution is 7.52. The summed E-state index contributed by atoms with van der Waals surface area (Å²) in [5, 5.41) is 12.9. The van der Waals surface area contributed by atoms with Gasteiger partial charge in [-0.3, -0.25) is 23.7 Å². The molecule has 0 spiro atoms. The second-order valence-corrected chi connectivity index (χ2v) is 9.00. The number of aromatic amines is 1. The van der Waals surface area contributed by atoms with Crippen molar-refractivity contribution >= 4 is 13.7 Å². The molecule has 12 nitrogen and oxygen atoms in total. The molecule has 3 N–H and O–H groups in total. The highest BCUT2D eigenvalue weighted by atomic mass is 31.2. The van der Waals surface area contributed by atoms with Crippen molar-refractivity contribution in [1.29, 1.82) is 0 Å². The molecule has 0 radical (unpaired) electrons. The van der Waals surface area contributed by atoms with Gasteiger partial charge >= 0.3 is 19.4 Å². The van der Waals surface area contributed by atoms with Crippen LogP contribution in [0.5, 0.6) is 5.75 Å².